The van der Waals surface area contributed by atoms with Crippen molar-refractivity contribution in [1.29, 1.82) is 0 Å². The van der Waals surface area contributed by atoms with Crippen molar-refractivity contribution in [1.82, 2.24) is 10.2 Å². The Morgan fingerprint density at radius 3 is 2.71 bits per heavy atom. The van der Waals surface area contributed by atoms with Crippen molar-refractivity contribution in [2.24, 2.45) is 11.8 Å². The van der Waals surface area contributed by atoms with E-state index < -0.39 is 5.82 Å². The van der Waals surface area contributed by atoms with Crippen molar-refractivity contribution in [3.8, 4) is 0 Å². The highest BCUT2D eigenvalue weighted by atomic mass is 35.5. The lowest BCUT2D eigenvalue weighted by Gasteiger charge is -2.28. The number of nitrogens with one attached hydrogen (secondary N) is 1. The van der Waals surface area contributed by atoms with Gasteiger partial charge in [0.2, 0.25) is 0 Å². The number of amides is 1. The van der Waals surface area contributed by atoms with E-state index in [1.807, 2.05) is 35.2 Å². The summed E-state index contributed by atoms with van der Waals surface area (Å²) >= 11 is 5.81. The number of nitrogens with zero attached hydrogens (tertiary/aromatic N) is 1. The van der Waals surface area contributed by atoms with Crippen molar-refractivity contribution in [2.75, 3.05) is 19.6 Å². The molecule has 0 saturated carbocycles. The van der Waals surface area contributed by atoms with Gasteiger partial charge in [-0.25, -0.2) is 4.39 Å². The van der Waals surface area contributed by atoms with E-state index in [4.69, 9.17) is 11.6 Å². The van der Waals surface area contributed by atoms with Crippen LogP contribution in [-0.4, -0.2) is 30.4 Å². The highest BCUT2D eigenvalue weighted by Crippen LogP contribution is 2.43. The van der Waals surface area contributed by atoms with Gasteiger partial charge in [-0.3, -0.25) is 4.79 Å². The van der Waals surface area contributed by atoms with E-state index in [0.717, 1.165) is 18.7 Å². The minimum Gasteiger partial charge on any atom is -0.331 e. The molecule has 2 aromatic rings. The van der Waals surface area contributed by atoms with E-state index in [2.05, 4.69) is 5.32 Å². The summed E-state index contributed by atoms with van der Waals surface area (Å²) in [4.78, 5) is 14.8. The molecule has 5 heteroatoms. The summed E-state index contributed by atoms with van der Waals surface area (Å²) in [5, 5.41) is 3.71. The summed E-state index contributed by atoms with van der Waals surface area (Å²) in [5.41, 5.74) is 1.20. The van der Waals surface area contributed by atoms with Crippen LogP contribution in [0, 0.1) is 17.7 Å². The molecule has 2 aliphatic heterocycles. The molecule has 24 heavy (non-hydrogen) atoms. The molecule has 2 aliphatic rings. The third-order valence-corrected chi connectivity index (χ3v) is 5.36. The number of hydrogen-bond donors (Lipinski definition) is 1. The molecular weight excluding hydrogens is 327 g/mol. The van der Waals surface area contributed by atoms with Gasteiger partial charge in [0.1, 0.15) is 5.82 Å². The lowest BCUT2D eigenvalue weighted by molar-refractivity contribution is 0.0709. The van der Waals surface area contributed by atoms with Crippen LogP contribution in [0.25, 0.3) is 0 Å². The molecule has 0 unspecified atom stereocenters. The molecule has 3 atom stereocenters. The number of carbonyl (C=O) groups excluding carboxylic acids is 1. The number of benzene rings is 2. The Kier molecular flexibility index (Phi) is 4.02. The van der Waals surface area contributed by atoms with Gasteiger partial charge in [0.05, 0.1) is 11.6 Å². The minimum atomic E-state index is -0.561. The summed E-state index contributed by atoms with van der Waals surface area (Å²) in [6, 6.07) is 14.2. The monoisotopic (exact) mass is 344 g/mol. The van der Waals surface area contributed by atoms with Crippen molar-refractivity contribution in [3.63, 3.8) is 0 Å². The summed E-state index contributed by atoms with van der Waals surface area (Å²) < 4.78 is 14.2. The molecular formula is C19H18ClFN2O. The maximum absolute atomic E-state index is 14.2. The van der Waals surface area contributed by atoms with Gasteiger partial charge in [0.15, 0.2) is 0 Å². The van der Waals surface area contributed by atoms with Gasteiger partial charge >= 0.3 is 0 Å². The van der Waals surface area contributed by atoms with E-state index in [0.29, 0.717) is 23.4 Å². The zero-order valence-corrected chi connectivity index (χ0v) is 13.8. The number of fused-ring (bicyclic) bond motifs is 1. The zero-order valence-electron chi connectivity index (χ0n) is 13.1. The van der Waals surface area contributed by atoms with Gasteiger partial charge in [-0.2, -0.15) is 0 Å². The van der Waals surface area contributed by atoms with Gasteiger partial charge < -0.3 is 10.2 Å². The molecule has 1 N–H and O–H groups in total. The van der Waals surface area contributed by atoms with Gasteiger partial charge in [-0.15, -0.1) is 0 Å². The molecule has 3 nitrogen and oxygen atoms in total. The van der Waals surface area contributed by atoms with Gasteiger partial charge in [-0.05, 0) is 29.7 Å². The second-order valence-corrected chi connectivity index (χ2v) is 6.96. The van der Waals surface area contributed by atoms with E-state index in [9.17, 15) is 9.18 Å². The quantitative estimate of drug-likeness (QED) is 0.904. The Hall–Kier alpha value is -1.91. The number of halogens is 2. The Morgan fingerprint density at radius 2 is 1.96 bits per heavy atom. The Balaban J connectivity index is 1.71. The van der Waals surface area contributed by atoms with Crippen LogP contribution in [0.3, 0.4) is 0 Å². The third kappa shape index (κ3) is 2.60. The lowest BCUT2D eigenvalue weighted by Crippen LogP contribution is -2.35. The molecule has 2 heterocycles. The van der Waals surface area contributed by atoms with Crippen LogP contribution in [-0.2, 0) is 0 Å². The van der Waals surface area contributed by atoms with Crippen LogP contribution in [0.15, 0.2) is 48.5 Å². The topological polar surface area (TPSA) is 32.3 Å². The highest BCUT2D eigenvalue weighted by molar-refractivity contribution is 6.30. The summed E-state index contributed by atoms with van der Waals surface area (Å²) in [6.45, 7) is 2.44. The largest absolute Gasteiger partial charge is 0.331 e. The number of likely N-dealkylation sites (tertiary alicyclic amines) is 1. The van der Waals surface area contributed by atoms with Gasteiger partial charge in [-0.1, -0.05) is 41.9 Å². The first-order valence-corrected chi connectivity index (χ1v) is 8.54. The van der Waals surface area contributed by atoms with Gasteiger partial charge in [0, 0.05) is 30.6 Å². The normalized spacial score (nSPS) is 25.8. The zero-order chi connectivity index (χ0) is 16.7. The Bertz CT molecular complexity index is 767. The predicted octanol–water partition coefficient (Wildman–Crippen LogP) is 3.51. The molecule has 0 aliphatic carbocycles. The fraction of sp³-hybridized carbons (Fsp3) is 0.316. The van der Waals surface area contributed by atoms with E-state index >= 15 is 0 Å². The standard InChI is InChI=1S/C19H18ClFN2O/c20-14-6-7-15(17(21)8-14)19(24)23-11-13-9-22-10-16(13)18(23)12-4-2-1-3-5-12/h1-8,13,16,18,22H,9-11H2/t13-,16-,18-/m0/s1. The lowest BCUT2D eigenvalue weighted by atomic mass is 9.89. The fourth-order valence-corrected chi connectivity index (χ4v) is 4.18. The molecule has 2 fully saturated rings. The second kappa shape index (κ2) is 6.19. The number of hydrogen-bond acceptors (Lipinski definition) is 2. The molecule has 0 bridgehead atoms. The average Bonchev–Trinajstić information content (AvgIpc) is 3.15. The van der Waals surface area contributed by atoms with Gasteiger partial charge in [0.25, 0.3) is 5.91 Å². The highest BCUT2D eigenvalue weighted by Gasteiger charge is 2.47. The Labute approximate surface area is 145 Å². The molecule has 1 amide bonds. The minimum absolute atomic E-state index is 0.0196. The van der Waals surface area contributed by atoms with Crippen molar-refractivity contribution < 1.29 is 9.18 Å². The van der Waals surface area contributed by atoms with Crippen LogP contribution in [0.2, 0.25) is 5.02 Å². The van der Waals surface area contributed by atoms with Crippen LogP contribution in [0.1, 0.15) is 22.0 Å². The van der Waals surface area contributed by atoms with Crippen molar-refractivity contribution >= 4 is 17.5 Å². The molecule has 4 rings (SSSR count). The van der Waals surface area contributed by atoms with E-state index in [1.54, 1.807) is 6.07 Å². The van der Waals surface area contributed by atoms with Crippen molar-refractivity contribution in [2.45, 2.75) is 6.04 Å². The summed E-state index contributed by atoms with van der Waals surface area (Å²) in [7, 11) is 0. The maximum Gasteiger partial charge on any atom is 0.257 e. The van der Waals surface area contributed by atoms with Crippen LogP contribution in [0.4, 0.5) is 4.39 Å². The average molecular weight is 345 g/mol. The molecule has 2 saturated heterocycles. The fourth-order valence-electron chi connectivity index (χ4n) is 4.02. The molecule has 124 valence electrons. The Morgan fingerprint density at radius 1 is 1.17 bits per heavy atom. The predicted molar refractivity (Wildman–Crippen MR) is 91.5 cm³/mol. The van der Waals surface area contributed by atoms with E-state index in [-0.39, 0.29) is 17.5 Å². The van der Waals surface area contributed by atoms with Crippen LogP contribution in [0.5, 0.6) is 0 Å². The first-order chi connectivity index (χ1) is 11.6. The summed E-state index contributed by atoms with van der Waals surface area (Å²) in [5.74, 6) is -0.0388. The van der Waals surface area contributed by atoms with Crippen molar-refractivity contribution in [3.05, 3.63) is 70.5 Å². The summed E-state index contributed by atoms with van der Waals surface area (Å²) in [6.07, 6.45) is 0. The molecule has 0 spiro atoms. The second-order valence-electron chi connectivity index (χ2n) is 6.52. The molecule has 0 aromatic heterocycles. The van der Waals surface area contributed by atoms with E-state index in [1.165, 1.54) is 12.1 Å². The SMILES string of the molecule is O=C(c1ccc(Cl)cc1F)N1C[C@@H]2CNC[C@@H]2[C@@H]1c1ccccc1. The van der Waals surface area contributed by atoms with Crippen LogP contribution >= 0.6 is 11.6 Å². The maximum atomic E-state index is 14.2. The van der Waals surface area contributed by atoms with Crippen LogP contribution < -0.4 is 5.32 Å². The number of rotatable bonds is 2. The third-order valence-electron chi connectivity index (χ3n) is 5.13. The molecule has 2 aromatic carbocycles. The smallest absolute Gasteiger partial charge is 0.257 e. The first-order valence-electron chi connectivity index (χ1n) is 8.17. The molecule has 0 radical (unpaired) electrons. The first kappa shape index (κ1) is 15.6. The number of carbonyl (C=O) groups is 1.